The molecule has 0 bridgehead atoms. The van der Waals surface area contributed by atoms with Crippen LogP contribution in [0.3, 0.4) is 0 Å². The highest BCUT2D eigenvalue weighted by molar-refractivity contribution is 4.78. The van der Waals surface area contributed by atoms with Crippen LogP contribution >= 0.6 is 0 Å². The minimum Gasteiger partial charge on any atom is -0.377 e. The summed E-state index contributed by atoms with van der Waals surface area (Å²) in [4.78, 5) is 0. The molecule has 2 atom stereocenters. The van der Waals surface area contributed by atoms with Crippen molar-refractivity contribution in [3.05, 3.63) is 0 Å². The van der Waals surface area contributed by atoms with Crippen molar-refractivity contribution < 1.29 is 4.74 Å². The highest BCUT2D eigenvalue weighted by Gasteiger charge is 2.24. The van der Waals surface area contributed by atoms with Crippen molar-refractivity contribution in [3.8, 4) is 0 Å². The van der Waals surface area contributed by atoms with Gasteiger partial charge in [-0.25, -0.2) is 0 Å². The van der Waals surface area contributed by atoms with Gasteiger partial charge in [0.25, 0.3) is 0 Å². The minimum absolute atomic E-state index is 0.363. The van der Waals surface area contributed by atoms with Crippen molar-refractivity contribution in [1.82, 2.24) is 5.43 Å². The second kappa shape index (κ2) is 5.51. The van der Waals surface area contributed by atoms with Gasteiger partial charge < -0.3 is 4.74 Å². The van der Waals surface area contributed by atoms with E-state index in [0.717, 1.165) is 13.0 Å². The van der Waals surface area contributed by atoms with Crippen LogP contribution in [0.5, 0.6) is 0 Å². The molecule has 0 amide bonds. The number of nitrogens with one attached hydrogen (secondary N) is 1. The average Bonchev–Trinajstić information content (AvgIpc) is 2.59. The van der Waals surface area contributed by atoms with Gasteiger partial charge in [-0.1, -0.05) is 19.8 Å². The van der Waals surface area contributed by atoms with Crippen LogP contribution in [-0.2, 0) is 4.74 Å². The van der Waals surface area contributed by atoms with Crippen LogP contribution in [0, 0.1) is 0 Å². The molecule has 0 aromatic rings. The summed E-state index contributed by atoms with van der Waals surface area (Å²) in [6.45, 7) is 3.11. The van der Waals surface area contributed by atoms with Gasteiger partial charge in [0.05, 0.1) is 6.10 Å². The molecule has 1 aliphatic heterocycles. The SMILES string of the molecule is CCCCC(NN)C1CCCO1. The van der Waals surface area contributed by atoms with E-state index in [-0.39, 0.29) is 0 Å². The lowest BCUT2D eigenvalue weighted by molar-refractivity contribution is 0.0749. The zero-order valence-corrected chi connectivity index (χ0v) is 7.88. The second-order valence-electron chi connectivity index (χ2n) is 3.47. The first-order chi connectivity index (χ1) is 5.88. The Labute approximate surface area is 74.6 Å². The molecule has 0 spiro atoms. The van der Waals surface area contributed by atoms with Gasteiger partial charge >= 0.3 is 0 Å². The predicted molar refractivity (Wildman–Crippen MR) is 49.6 cm³/mol. The van der Waals surface area contributed by atoms with Crippen molar-refractivity contribution in [2.45, 2.75) is 51.2 Å². The van der Waals surface area contributed by atoms with Gasteiger partial charge in [-0.05, 0) is 19.3 Å². The number of hydrazine groups is 1. The third-order valence-corrected chi connectivity index (χ3v) is 2.50. The first-order valence-electron chi connectivity index (χ1n) is 4.96. The molecule has 0 radical (unpaired) electrons. The first kappa shape index (κ1) is 9.96. The van der Waals surface area contributed by atoms with E-state index < -0.39 is 0 Å². The Bertz CT molecular complexity index is 113. The number of hydrogen-bond acceptors (Lipinski definition) is 3. The predicted octanol–water partition coefficient (Wildman–Crippen LogP) is 1.19. The summed E-state index contributed by atoms with van der Waals surface area (Å²) in [6.07, 6.45) is 6.31. The monoisotopic (exact) mass is 172 g/mol. The fourth-order valence-corrected chi connectivity index (χ4v) is 1.72. The molecule has 3 nitrogen and oxygen atoms in total. The summed E-state index contributed by atoms with van der Waals surface area (Å²) in [6, 6.07) is 0.368. The molecule has 1 heterocycles. The van der Waals surface area contributed by atoms with Crippen molar-refractivity contribution in [2.24, 2.45) is 5.84 Å². The second-order valence-corrected chi connectivity index (χ2v) is 3.47. The lowest BCUT2D eigenvalue weighted by atomic mass is 10.0. The van der Waals surface area contributed by atoms with E-state index in [0.29, 0.717) is 12.1 Å². The van der Waals surface area contributed by atoms with E-state index in [1.807, 2.05) is 0 Å². The molecule has 1 fully saturated rings. The van der Waals surface area contributed by atoms with Crippen LogP contribution in [0.15, 0.2) is 0 Å². The van der Waals surface area contributed by atoms with Gasteiger partial charge in [-0.2, -0.15) is 0 Å². The Morgan fingerprint density at radius 1 is 1.67 bits per heavy atom. The first-order valence-corrected chi connectivity index (χ1v) is 4.96. The molecule has 1 saturated heterocycles. The number of ether oxygens (including phenoxy) is 1. The normalized spacial score (nSPS) is 26.0. The van der Waals surface area contributed by atoms with E-state index >= 15 is 0 Å². The summed E-state index contributed by atoms with van der Waals surface area (Å²) in [7, 11) is 0. The summed E-state index contributed by atoms with van der Waals surface area (Å²) in [5, 5.41) is 0. The van der Waals surface area contributed by atoms with Crippen molar-refractivity contribution in [2.75, 3.05) is 6.61 Å². The highest BCUT2D eigenvalue weighted by Crippen LogP contribution is 2.18. The maximum Gasteiger partial charge on any atom is 0.0742 e. The van der Waals surface area contributed by atoms with Gasteiger partial charge in [0.1, 0.15) is 0 Å². The van der Waals surface area contributed by atoms with Crippen LogP contribution in [0.4, 0.5) is 0 Å². The standard InChI is InChI=1S/C9H20N2O/c1-2-3-5-8(11-10)9-6-4-7-12-9/h8-9,11H,2-7,10H2,1H3. The smallest absolute Gasteiger partial charge is 0.0742 e. The van der Waals surface area contributed by atoms with Gasteiger partial charge in [0.15, 0.2) is 0 Å². The largest absolute Gasteiger partial charge is 0.377 e. The van der Waals surface area contributed by atoms with Gasteiger partial charge in [0, 0.05) is 12.6 Å². The Morgan fingerprint density at radius 3 is 3.00 bits per heavy atom. The molecule has 12 heavy (non-hydrogen) atoms. The van der Waals surface area contributed by atoms with Crippen LogP contribution in [0.25, 0.3) is 0 Å². The average molecular weight is 172 g/mol. The summed E-state index contributed by atoms with van der Waals surface area (Å²) in [5.41, 5.74) is 2.85. The Kier molecular flexibility index (Phi) is 4.58. The minimum atomic E-state index is 0.363. The molecular weight excluding hydrogens is 152 g/mol. The molecule has 3 N–H and O–H groups in total. The lowest BCUT2D eigenvalue weighted by Crippen LogP contribution is -2.43. The topological polar surface area (TPSA) is 47.3 Å². The molecular formula is C9H20N2O. The zero-order valence-electron chi connectivity index (χ0n) is 7.88. The van der Waals surface area contributed by atoms with Crippen LogP contribution in [0.1, 0.15) is 39.0 Å². The molecule has 3 heteroatoms. The molecule has 0 aromatic heterocycles. The van der Waals surface area contributed by atoms with Crippen molar-refractivity contribution in [1.29, 1.82) is 0 Å². The van der Waals surface area contributed by atoms with Gasteiger partial charge in [-0.3, -0.25) is 11.3 Å². The van der Waals surface area contributed by atoms with Gasteiger partial charge in [0.2, 0.25) is 0 Å². The van der Waals surface area contributed by atoms with E-state index in [1.165, 1.54) is 25.7 Å². The van der Waals surface area contributed by atoms with Crippen molar-refractivity contribution in [3.63, 3.8) is 0 Å². The maximum atomic E-state index is 5.56. The number of unbranched alkanes of at least 4 members (excludes halogenated alkanes) is 1. The molecule has 0 aromatic carbocycles. The molecule has 2 unspecified atom stereocenters. The Balaban J connectivity index is 2.22. The highest BCUT2D eigenvalue weighted by atomic mass is 16.5. The zero-order chi connectivity index (χ0) is 8.81. The quantitative estimate of drug-likeness (QED) is 0.483. The number of nitrogens with two attached hydrogens (primary N) is 1. The van der Waals surface area contributed by atoms with Crippen LogP contribution in [0.2, 0.25) is 0 Å². The third kappa shape index (κ3) is 2.73. The van der Waals surface area contributed by atoms with Gasteiger partial charge in [-0.15, -0.1) is 0 Å². The number of rotatable bonds is 5. The lowest BCUT2D eigenvalue weighted by Gasteiger charge is -2.21. The van der Waals surface area contributed by atoms with Crippen LogP contribution in [-0.4, -0.2) is 18.8 Å². The summed E-state index contributed by atoms with van der Waals surface area (Å²) >= 11 is 0. The summed E-state index contributed by atoms with van der Waals surface area (Å²) < 4.78 is 5.56. The van der Waals surface area contributed by atoms with E-state index in [4.69, 9.17) is 10.6 Å². The molecule has 1 rings (SSSR count). The van der Waals surface area contributed by atoms with Crippen molar-refractivity contribution >= 4 is 0 Å². The molecule has 1 aliphatic rings. The molecule has 72 valence electrons. The fraction of sp³-hybridized carbons (Fsp3) is 1.00. The van der Waals surface area contributed by atoms with E-state index in [2.05, 4.69) is 12.3 Å². The number of hydrogen-bond donors (Lipinski definition) is 2. The van der Waals surface area contributed by atoms with E-state index in [1.54, 1.807) is 0 Å². The molecule has 0 saturated carbocycles. The van der Waals surface area contributed by atoms with E-state index in [9.17, 15) is 0 Å². The molecule has 0 aliphatic carbocycles. The summed E-state index contributed by atoms with van der Waals surface area (Å²) in [5.74, 6) is 5.46. The maximum absolute atomic E-state index is 5.56. The van der Waals surface area contributed by atoms with Crippen LogP contribution < -0.4 is 11.3 Å². The third-order valence-electron chi connectivity index (χ3n) is 2.50. The Morgan fingerprint density at radius 2 is 2.50 bits per heavy atom. The fourth-order valence-electron chi connectivity index (χ4n) is 1.72. The Hall–Kier alpha value is -0.120.